The molecule has 8 nitrogen and oxygen atoms in total. The molecule has 3 rings (SSSR count). The molecule has 1 aliphatic rings. The van der Waals surface area contributed by atoms with Crippen LogP contribution in [0.5, 0.6) is 5.88 Å². The van der Waals surface area contributed by atoms with E-state index in [0.29, 0.717) is 12.4 Å². The van der Waals surface area contributed by atoms with E-state index in [1.54, 1.807) is 12.4 Å². The van der Waals surface area contributed by atoms with Crippen LogP contribution in [0.15, 0.2) is 41.8 Å². The summed E-state index contributed by atoms with van der Waals surface area (Å²) in [6.45, 7) is 11.0. The predicted molar refractivity (Wildman–Crippen MR) is 126 cm³/mol. The number of nitrogens with one attached hydrogen (secondary N) is 1. The number of nitrogens with zero attached hydrogens (tertiary/aromatic N) is 6. The van der Waals surface area contributed by atoms with Crippen molar-refractivity contribution in [3.8, 4) is 5.88 Å². The topological polar surface area (TPSA) is 78.8 Å². The summed E-state index contributed by atoms with van der Waals surface area (Å²) in [6, 6.07) is 5.75. The summed E-state index contributed by atoms with van der Waals surface area (Å²) in [5.41, 5.74) is 1.06. The summed E-state index contributed by atoms with van der Waals surface area (Å²) in [5.74, 6) is 2.37. The van der Waals surface area contributed by atoms with Gasteiger partial charge < -0.3 is 19.9 Å². The van der Waals surface area contributed by atoms with Gasteiger partial charge in [-0.1, -0.05) is 6.07 Å². The predicted octanol–water partition coefficient (Wildman–Crippen LogP) is 2.56. The molecule has 0 atom stereocenters. The van der Waals surface area contributed by atoms with Crippen molar-refractivity contribution in [2.24, 2.45) is 4.99 Å². The lowest BCUT2D eigenvalue weighted by Gasteiger charge is -2.36. The second-order valence-corrected chi connectivity index (χ2v) is 6.86. The smallest absolute Gasteiger partial charge is 0.225 e. The number of guanidine groups is 1. The van der Waals surface area contributed by atoms with Crippen LogP contribution in [-0.4, -0.2) is 64.6 Å². The first kappa shape index (κ1) is 23.1. The summed E-state index contributed by atoms with van der Waals surface area (Å²) in [4.78, 5) is 22.3. The number of hydrogen-bond acceptors (Lipinski definition) is 6. The zero-order chi connectivity index (χ0) is 19.8. The van der Waals surface area contributed by atoms with E-state index in [0.717, 1.165) is 50.2 Å². The summed E-state index contributed by atoms with van der Waals surface area (Å²) in [5, 5.41) is 3.40. The van der Waals surface area contributed by atoms with Gasteiger partial charge in [-0.2, -0.15) is 0 Å². The van der Waals surface area contributed by atoms with Crippen molar-refractivity contribution < 1.29 is 4.74 Å². The molecule has 2 aromatic rings. The summed E-state index contributed by atoms with van der Waals surface area (Å²) >= 11 is 0. The highest BCUT2D eigenvalue weighted by Gasteiger charge is 2.21. The third-order valence-corrected chi connectivity index (χ3v) is 4.31. The largest absolute Gasteiger partial charge is 0.475 e. The lowest BCUT2D eigenvalue weighted by Crippen LogP contribution is -2.52. The number of rotatable bonds is 6. The average molecular weight is 511 g/mol. The van der Waals surface area contributed by atoms with Crippen LogP contribution in [-0.2, 0) is 6.54 Å². The molecular weight excluding hydrogens is 481 g/mol. The lowest BCUT2D eigenvalue weighted by molar-refractivity contribution is 0.232. The van der Waals surface area contributed by atoms with E-state index in [9.17, 15) is 0 Å². The molecule has 0 radical (unpaired) electrons. The minimum Gasteiger partial charge on any atom is -0.475 e. The van der Waals surface area contributed by atoms with Gasteiger partial charge in [0.2, 0.25) is 11.8 Å². The van der Waals surface area contributed by atoms with E-state index in [-0.39, 0.29) is 30.1 Å². The number of hydrogen-bond donors (Lipinski definition) is 1. The zero-order valence-electron chi connectivity index (χ0n) is 17.3. The van der Waals surface area contributed by atoms with Gasteiger partial charge in [-0.05, 0) is 32.4 Å². The third-order valence-electron chi connectivity index (χ3n) is 4.31. The summed E-state index contributed by atoms with van der Waals surface area (Å²) in [6.07, 6.45) is 5.52. The van der Waals surface area contributed by atoms with Gasteiger partial charge >= 0.3 is 0 Å². The molecular formula is C20H30IN7O. The Hall–Kier alpha value is -2.17. The fourth-order valence-electron chi connectivity index (χ4n) is 2.98. The Labute approximate surface area is 189 Å². The van der Waals surface area contributed by atoms with E-state index in [1.807, 2.05) is 38.2 Å². The Bertz CT molecular complexity index is 747. The van der Waals surface area contributed by atoms with Gasteiger partial charge in [0.05, 0.1) is 12.6 Å². The van der Waals surface area contributed by atoms with Crippen molar-refractivity contribution in [2.45, 2.75) is 33.4 Å². The van der Waals surface area contributed by atoms with E-state index in [1.165, 1.54) is 0 Å². The van der Waals surface area contributed by atoms with Gasteiger partial charge in [-0.3, -0.25) is 0 Å². The average Bonchev–Trinajstić information content (AvgIpc) is 2.73. The Balaban J connectivity index is 0.00000300. The van der Waals surface area contributed by atoms with Crippen LogP contribution in [0.2, 0.25) is 0 Å². The Kier molecular flexibility index (Phi) is 9.36. The molecule has 0 spiro atoms. The molecule has 9 heteroatoms. The Morgan fingerprint density at radius 3 is 2.45 bits per heavy atom. The normalized spacial score (nSPS) is 14.6. The third kappa shape index (κ3) is 6.98. The van der Waals surface area contributed by atoms with Crippen molar-refractivity contribution in [1.82, 2.24) is 25.2 Å². The van der Waals surface area contributed by atoms with Crippen molar-refractivity contribution in [3.05, 3.63) is 42.4 Å². The number of aromatic nitrogens is 3. The highest BCUT2D eigenvalue weighted by Crippen LogP contribution is 2.12. The van der Waals surface area contributed by atoms with E-state index in [2.05, 4.69) is 37.0 Å². The molecule has 158 valence electrons. The Morgan fingerprint density at radius 2 is 1.86 bits per heavy atom. The van der Waals surface area contributed by atoms with E-state index in [4.69, 9.17) is 9.73 Å². The zero-order valence-corrected chi connectivity index (χ0v) is 19.6. The summed E-state index contributed by atoms with van der Waals surface area (Å²) in [7, 11) is 0. The first-order chi connectivity index (χ1) is 13.7. The van der Waals surface area contributed by atoms with Gasteiger partial charge in [0.25, 0.3) is 0 Å². The second-order valence-electron chi connectivity index (χ2n) is 6.86. The molecule has 0 aromatic carbocycles. The maximum atomic E-state index is 5.59. The van der Waals surface area contributed by atoms with Crippen LogP contribution >= 0.6 is 24.0 Å². The van der Waals surface area contributed by atoms with Gasteiger partial charge in [0.15, 0.2) is 5.96 Å². The highest BCUT2D eigenvalue weighted by atomic mass is 127. The fraction of sp³-hybridized carbons (Fsp3) is 0.500. The standard InChI is InChI=1S/C20H29N7O.HI/c1-4-21-19(25-15-17-6-7-18(24-14-17)28-16(2)3)26-10-12-27(13-11-26)20-22-8-5-9-23-20;/h5-9,14,16H,4,10-13,15H2,1-3H3,(H,21,25);1H. The monoisotopic (exact) mass is 511 g/mol. The fourth-order valence-corrected chi connectivity index (χ4v) is 2.98. The molecule has 0 aliphatic carbocycles. The number of piperazine rings is 1. The molecule has 2 aromatic heterocycles. The maximum absolute atomic E-state index is 5.59. The molecule has 0 bridgehead atoms. The molecule has 1 saturated heterocycles. The van der Waals surface area contributed by atoms with E-state index < -0.39 is 0 Å². The first-order valence-electron chi connectivity index (χ1n) is 9.82. The van der Waals surface area contributed by atoms with E-state index >= 15 is 0 Å². The van der Waals surface area contributed by atoms with Gasteiger partial charge in [-0.25, -0.2) is 19.9 Å². The van der Waals surface area contributed by atoms with Crippen LogP contribution in [0.25, 0.3) is 0 Å². The summed E-state index contributed by atoms with van der Waals surface area (Å²) < 4.78 is 5.59. The first-order valence-corrected chi connectivity index (χ1v) is 9.82. The van der Waals surface area contributed by atoms with Crippen molar-refractivity contribution >= 4 is 35.9 Å². The van der Waals surface area contributed by atoms with Crippen LogP contribution in [0.4, 0.5) is 5.95 Å². The Morgan fingerprint density at radius 1 is 1.14 bits per heavy atom. The highest BCUT2D eigenvalue weighted by molar-refractivity contribution is 14.0. The van der Waals surface area contributed by atoms with Crippen LogP contribution in [0.3, 0.4) is 0 Å². The van der Waals surface area contributed by atoms with Gasteiger partial charge in [0.1, 0.15) is 0 Å². The van der Waals surface area contributed by atoms with Crippen molar-refractivity contribution in [1.29, 1.82) is 0 Å². The number of anilines is 1. The van der Waals surface area contributed by atoms with Crippen LogP contribution in [0.1, 0.15) is 26.3 Å². The minimum absolute atomic E-state index is 0. The maximum Gasteiger partial charge on any atom is 0.225 e. The number of ether oxygens (including phenoxy) is 1. The number of halogens is 1. The quantitative estimate of drug-likeness (QED) is 0.363. The van der Waals surface area contributed by atoms with Crippen LogP contribution < -0.4 is 15.0 Å². The molecule has 3 heterocycles. The molecule has 29 heavy (non-hydrogen) atoms. The molecule has 0 unspecified atom stereocenters. The van der Waals surface area contributed by atoms with Gasteiger partial charge in [-0.15, -0.1) is 24.0 Å². The molecule has 0 amide bonds. The SMILES string of the molecule is CCNC(=NCc1ccc(OC(C)C)nc1)N1CCN(c2ncccn2)CC1.I. The van der Waals surface area contributed by atoms with Crippen molar-refractivity contribution in [3.63, 3.8) is 0 Å². The molecule has 1 N–H and O–H groups in total. The molecule has 0 saturated carbocycles. The molecule has 1 aliphatic heterocycles. The van der Waals surface area contributed by atoms with Gasteiger partial charge in [0, 0.05) is 57.4 Å². The van der Waals surface area contributed by atoms with Crippen molar-refractivity contribution in [2.75, 3.05) is 37.6 Å². The minimum atomic E-state index is 0. The second kappa shape index (κ2) is 11.7. The number of aliphatic imine (C=N–C) groups is 1. The van der Waals surface area contributed by atoms with Crippen LogP contribution in [0, 0.1) is 0 Å². The molecule has 1 fully saturated rings. The lowest BCUT2D eigenvalue weighted by atomic mass is 10.3. The number of pyridine rings is 1.